The summed E-state index contributed by atoms with van der Waals surface area (Å²) in [5.74, 6) is -1.49. The molecule has 1 saturated heterocycles. The molecule has 1 aromatic carbocycles. The lowest BCUT2D eigenvalue weighted by atomic mass is 10.2. The number of benzene rings is 1. The number of aromatic nitrogens is 2. The van der Waals surface area contributed by atoms with E-state index in [1.165, 1.54) is 23.9 Å². The Hall–Kier alpha value is -2.29. The van der Waals surface area contributed by atoms with E-state index in [1.54, 1.807) is 0 Å². The first-order valence-electron chi connectivity index (χ1n) is 6.95. The van der Waals surface area contributed by atoms with Gasteiger partial charge in [0.25, 0.3) is 5.91 Å². The molecule has 1 fully saturated rings. The molecule has 0 radical (unpaired) electrons. The Morgan fingerprint density at radius 1 is 1.43 bits per heavy atom. The van der Waals surface area contributed by atoms with Crippen LogP contribution in [0.2, 0.25) is 0 Å². The van der Waals surface area contributed by atoms with Gasteiger partial charge in [0.15, 0.2) is 15.5 Å². The number of nitrogens with one attached hydrogen (secondary N) is 1. The van der Waals surface area contributed by atoms with E-state index in [9.17, 15) is 22.4 Å². The normalized spacial score (nSPS) is 19.8. The molecule has 1 atom stereocenters. The number of carbonyl (C=O) groups excluding carboxylic acids is 1. The predicted octanol–water partition coefficient (Wildman–Crippen LogP) is -0.0105. The lowest BCUT2D eigenvalue weighted by Gasteiger charge is -2.11. The van der Waals surface area contributed by atoms with Gasteiger partial charge in [0.2, 0.25) is 5.43 Å². The van der Waals surface area contributed by atoms with E-state index in [4.69, 9.17) is 0 Å². The predicted molar refractivity (Wildman–Crippen MR) is 81.5 cm³/mol. The summed E-state index contributed by atoms with van der Waals surface area (Å²) in [6, 6.07) is 3.12. The van der Waals surface area contributed by atoms with Gasteiger partial charge in [0.1, 0.15) is 5.82 Å². The molecule has 2 aromatic rings. The highest BCUT2D eigenvalue weighted by Crippen LogP contribution is 2.13. The number of sulfone groups is 1. The van der Waals surface area contributed by atoms with Gasteiger partial charge in [-0.15, -0.1) is 0 Å². The van der Waals surface area contributed by atoms with Crippen molar-refractivity contribution in [2.75, 3.05) is 11.5 Å². The van der Waals surface area contributed by atoms with Gasteiger partial charge in [0.05, 0.1) is 22.4 Å². The van der Waals surface area contributed by atoms with Crippen molar-refractivity contribution in [1.82, 2.24) is 15.1 Å². The van der Waals surface area contributed by atoms with Gasteiger partial charge >= 0.3 is 0 Å². The molecule has 0 saturated carbocycles. The van der Waals surface area contributed by atoms with Crippen molar-refractivity contribution in [2.24, 2.45) is 7.05 Å². The number of halogens is 1. The molecular formula is C14H14FN3O4S. The number of aryl methyl sites for hydroxylation is 1. The van der Waals surface area contributed by atoms with Gasteiger partial charge in [-0.05, 0) is 24.6 Å². The fourth-order valence-corrected chi connectivity index (χ4v) is 4.33. The van der Waals surface area contributed by atoms with Gasteiger partial charge in [0, 0.05) is 13.1 Å². The number of nitrogens with zero attached hydrogens (tertiary/aromatic N) is 2. The Labute approximate surface area is 131 Å². The minimum absolute atomic E-state index is 0.00627. The van der Waals surface area contributed by atoms with Crippen LogP contribution in [-0.2, 0) is 16.9 Å². The van der Waals surface area contributed by atoms with E-state index in [-0.39, 0.29) is 22.6 Å². The number of carbonyl (C=O) groups is 1. The van der Waals surface area contributed by atoms with E-state index in [2.05, 4.69) is 10.4 Å². The van der Waals surface area contributed by atoms with Gasteiger partial charge in [-0.3, -0.25) is 14.3 Å². The quantitative estimate of drug-likeness (QED) is 0.830. The Bertz CT molecular complexity index is 968. The fourth-order valence-electron chi connectivity index (χ4n) is 2.66. The largest absolute Gasteiger partial charge is 0.347 e. The summed E-state index contributed by atoms with van der Waals surface area (Å²) in [4.78, 5) is 24.6. The van der Waals surface area contributed by atoms with Crippen LogP contribution in [0.1, 0.15) is 16.9 Å². The molecule has 0 aliphatic carbocycles. The second-order valence-electron chi connectivity index (χ2n) is 5.54. The van der Waals surface area contributed by atoms with E-state index >= 15 is 0 Å². The highest BCUT2D eigenvalue weighted by molar-refractivity contribution is 7.91. The van der Waals surface area contributed by atoms with Crippen LogP contribution in [0.15, 0.2) is 23.0 Å². The summed E-state index contributed by atoms with van der Waals surface area (Å²) in [6.45, 7) is 0. The Morgan fingerprint density at radius 2 is 2.17 bits per heavy atom. The van der Waals surface area contributed by atoms with Gasteiger partial charge in [-0.2, -0.15) is 5.10 Å². The van der Waals surface area contributed by atoms with Gasteiger partial charge in [-0.25, -0.2) is 12.8 Å². The van der Waals surface area contributed by atoms with Crippen LogP contribution in [0, 0.1) is 5.82 Å². The van der Waals surface area contributed by atoms with Crippen molar-refractivity contribution in [1.29, 1.82) is 0 Å². The van der Waals surface area contributed by atoms with Crippen molar-refractivity contribution < 1.29 is 17.6 Å². The molecule has 3 rings (SSSR count). The number of hydrogen-bond acceptors (Lipinski definition) is 5. The number of fused-ring (bicyclic) bond motifs is 1. The Balaban J connectivity index is 1.98. The van der Waals surface area contributed by atoms with Crippen LogP contribution in [0.25, 0.3) is 10.9 Å². The van der Waals surface area contributed by atoms with Crippen molar-refractivity contribution in [3.05, 3.63) is 39.9 Å². The molecule has 1 aliphatic heterocycles. The van der Waals surface area contributed by atoms with Crippen LogP contribution in [0.3, 0.4) is 0 Å². The third-order valence-corrected chi connectivity index (χ3v) is 5.57. The number of hydrogen-bond donors (Lipinski definition) is 1. The molecule has 9 heteroatoms. The third kappa shape index (κ3) is 2.96. The summed E-state index contributed by atoms with van der Waals surface area (Å²) >= 11 is 0. The second kappa shape index (κ2) is 5.41. The number of amides is 1. The van der Waals surface area contributed by atoms with Crippen molar-refractivity contribution in [3.8, 4) is 0 Å². The molecule has 1 N–H and O–H groups in total. The zero-order valence-corrected chi connectivity index (χ0v) is 13.1. The van der Waals surface area contributed by atoms with Crippen LogP contribution in [0.4, 0.5) is 4.39 Å². The molecule has 1 aliphatic rings. The lowest BCUT2D eigenvalue weighted by molar-refractivity contribution is 0.0933. The van der Waals surface area contributed by atoms with Crippen molar-refractivity contribution in [2.45, 2.75) is 12.5 Å². The summed E-state index contributed by atoms with van der Waals surface area (Å²) in [6.07, 6.45) is 0.302. The first-order valence-corrected chi connectivity index (χ1v) is 8.77. The summed E-state index contributed by atoms with van der Waals surface area (Å²) in [5.41, 5.74) is -0.665. The first kappa shape index (κ1) is 15.6. The fraction of sp³-hybridized carbons (Fsp3) is 0.357. The van der Waals surface area contributed by atoms with Crippen LogP contribution in [-0.4, -0.2) is 41.7 Å². The lowest BCUT2D eigenvalue weighted by Crippen LogP contribution is -2.39. The molecule has 2 heterocycles. The zero-order chi connectivity index (χ0) is 16.8. The minimum Gasteiger partial charge on any atom is -0.347 e. The average Bonchev–Trinajstić information content (AvgIpc) is 2.81. The van der Waals surface area contributed by atoms with Crippen LogP contribution in [0.5, 0.6) is 0 Å². The van der Waals surface area contributed by atoms with Gasteiger partial charge < -0.3 is 5.32 Å². The average molecular weight is 339 g/mol. The number of rotatable bonds is 2. The standard InChI is InChI=1S/C14H14FN3O4S/c1-18-11-3-2-8(15)6-10(11)13(19)12(17-18)14(20)16-9-4-5-23(21,22)7-9/h2-3,6,9H,4-5,7H2,1H3,(H,16,20). The topological polar surface area (TPSA) is 98.1 Å². The molecule has 7 nitrogen and oxygen atoms in total. The molecule has 1 amide bonds. The maximum Gasteiger partial charge on any atom is 0.276 e. The van der Waals surface area contributed by atoms with E-state index in [0.717, 1.165) is 6.07 Å². The highest BCUT2D eigenvalue weighted by atomic mass is 32.2. The maximum atomic E-state index is 13.4. The Morgan fingerprint density at radius 3 is 2.83 bits per heavy atom. The Kier molecular flexibility index (Phi) is 3.67. The van der Waals surface area contributed by atoms with Gasteiger partial charge in [-0.1, -0.05) is 0 Å². The molecule has 1 aromatic heterocycles. The van der Waals surface area contributed by atoms with E-state index < -0.39 is 33.0 Å². The molecule has 0 spiro atoms. The first-order chi connectivity index (χ1) is 10.8. The molecular weight excluding hydrogens is 325 g/mol. The van der Waals surface area contributed by atoms with Crippen molar-refractivity contribution >= 4 is 26.6 Å². The monoisotopic (exact) mass is 339 g/mol. The highest BCUT2D eigenvalue weighted by Gasteiger charge is 2.30. The second-order valence-corrected chi connectivity index (χ2v) is 7.76. The zero-order valence-electron chi connectivity index (χ0n) is 12.2. The summed E-state index contributed by atoms with van der Waals surface area (Å²) < 4.78 is 37.5. The third-order valence-electron chi connectivity index (χ3n) is 3.80. The molecule has 0 bridgehead atoms. The SMILES string of the molecule is Cn1nc(C(=O)NC2CCS(=O)(=O)C2)c(=O)c2cc(F)ccc21. The molecule has 1 unspecified atom stereocenters. The minimum atomic E-state index is -3.15. The van der Waals surface area contributed by atoms with Crippen LogP contribution >= 0.6 is 0 Å². The van der Waals surface area contributed by atoms with E-state index in [1.807, 2.05) is 0 Å². The summed E-state index contributed by atoms with van der Waals surface area (Å²) in [7, 11) is -1.61. The maximum absolute atomic E-state index is 13.4. The van der Waals surface area contributed by atoms with Crippen LogP contribution < -0.4 is 10.7 Å². The molecule has 23 heavy (non-hydrogen) atoms. The smallest absolute Gasteiger partial charge is 0.276 e. The molecule has 122 valence electrons. The van der Waals surface area contributed by atoms with Crippen molar-refractivity contribution in [3.63, 3.8) is 0 Å². The summed E-state index contributed by atoms with van der Waals surface area (Å²) in [5, 5.41) is 6.49. The van der Waals surface area contributed by atoms with E-state index in [0.29, 0.717) is 11.9 Å².